The summed E-state index contributed by atoms with van der Waals surface area (Å²) < 4.78 is 5.47. The molecule has 2 rings (SSSR count). The first kappa shape index (κ1) is 13.4. The molecule has 0 radical (unpaired) electrons. The molecule has 0 spiro atoms. The lowest BCUT2D eigenvalue weighted by atomic mass is 9.84. The maximum absolute atomic E-state index is 5.87. The topological polar surface area (TPSA) is 35.2 Å². The summed E-state index contributed by atoms with van der Waals surface area (Å²) >= 11 is 0. The zero-order valence-corrected chi connectivity index (χ0v) is 12.0. The molecule has 0 atom stereocenters. The van der Waals surface area contributed by atoms with E-state index in [1.165, 1.54) is 24.0 Å². The van der Waals surface area contributed by atoms with Gasteiger partial charge in [-0.15, -0.1) is 0 Å². The Hall–Kier alpha value is -1.02. The third-order valence-corrected chi connectivity index (χ3v) is 4.04. The molecule has 2 heteroatoms. The van der Waals surface area contributed by atoms with Gasteiger partial charge in [-0.3, -0.25) is 0 Å². The van der Waals surface area contributed by atoms with E-state index in [2.05, 4.69) is 39.0 Å². The molecule has 0 unspecified atom stereocenters. The van der Waals surface area contributed by atoms with E-state index >= 15 is 0 Å². The lowest BCUT2D eigenvalue weighted by molar-refractivity contribution is 0.397. The molecule has 100 valence electrons. The summed E-state index contributed by atoms with van der Waals surface area (Å²) in [6, 6.07) is 6.58. The summed E-state index contributed by atoms with van der Waals surface area (Å²) in [5.41, 5.74) is 9.06. The molecule has 0 aromatic heterocycles. The van der Waals surface area contributed by atoms with Crippen LogP contribution in [-0.4, -0.2) is 13.7 Å². The minimum atomic E-state index is 0.112. The van der Waals surface area contributed by atoms with Crippen molar-refractivity contribution in [1.29, 1.82) is 0 Å². The molecule has 1 saturated carbocycles. The Morgan fingerprint density at radius 2 is 1.94 bits per heavy atom. The van der Waals surface area contributed by atoms with Crippen LogP contribution in [0.1, 0.15) is 44.7 Å². The summed E-state index contributed by atoms with van der Waals surface area (Å²) in [6.45, 7) is 7.49. The van der Waals surface area contributed by atoms with Crippen LogP contribution in [0.5, 0.6) is 5.75 Å². The molecule has 0 amide bonds. The molecule has 0 saturated heterocycles. The molecule has 0 bridgehead atoms. The Kier molecular flexibility index (Phi) is 3.41. The summed E-state index contributed by atoms with van der Waals surface area (Å²) in [5.74, 6) is 0.990. The smallest absolute Gasteiger partial charge is 0.122 e. The van der Waals surface area contributed by atoms with Crippen molar-refractivity contribution in [1.82, 2.24) is 0 Å². The lowest BCUT2D eigenvalue weighted by Gasteiger charge is -2.23. The number of nitrogens with two attached hydrogens (primary N) is 1. The molecular formula is C16H25NO. The normalized spacial score (nSPS) is 17.6. The van der Waals surface area contributed by atoms with Crippen LogP contribution < -0.4 is 10.5 Å². The maximum atomic E-state index is 5.87. The van der Waals surface area contributed by atoms with Crippen LogP contribution >= 0.6 is 0 Å². The van der Waals surface area contributed by atoms with E-state index in [1.54, 1.807) is 7.11 Å². The minimum absolute atomic E-state index is 0.112. The number of ether oxygens (including phenoxy) is 1. The van der Waals surface area contributed by atoms with Crippen molar-refractivity contribution in [3.8, 4) is 5.75 Å². The van der Waals surface area contributed by atoms with Gasteiger partial charge in [0, 0.05) is 0 Å². The average molecular weight is 247 g/mol. The number of hydrogen-bond donors (Lipinski definition) is 1. The molecule has 2 N–H and O–H groups in total. The first-order chi connectivity index (χ1) is 8.40. The Balaban J connectivity index is 2.28. The van der Waals surface area contributed by atoms with Gasteiger partial charge in [0.05, 0.1) is 7.11 Å². The molecule has 1 aromatic rings. The van der Waals surface area contributed by atoms with Crippen LogP contribution in [0, 0.1) is 5.41 Å². The van der Waals surface area contributed by atoms with E-state index in [0.717, 1.165) is 18.7 Å². The highest BCUT2D eigenvalue weighted by atomic mass is 16.5. The van der Waals surface area contributed by atoms with E-state index in [4.69, 9.17) is 10.5 Å². The zero-order chi connectivity index (χ0) is 13.4. The van der Waals surface area contributed by atoms with Crippen molar-refractivity contribution in [2.24, 2.45) is 11.1 Å². The van der Waals surface area contributed by atoms with Gasteiger partial charge >= 0.3 is 0 Å². The van der Waals surface area contributed by atoms with Gasteiger partial charge in [0.1, 0.15) is 5.75 Å². The highest BCUT2D eigenvalue weighted by Gasteiger charge is 2.41. The van der Waals surface area contributed by atoms with Crippen molar-refractivity contribution < 1.29 is 4.74 Å². The Morgan fingerprint density at radius 1 is 1.28 bits per heavy atom. The monoisotopic (exact) mass is 247 g/mol. The second kappa shape index (κ2) is 4.58. The number of rotatable bonds is 4. The van der Waals surface area contributed by atoms with E-state index in [1.807, 2.05) is 0 Å². The molecule has 2 nitrogen and oxygen atoms in total. The highest BCUT2D eigenvalue weighted by molar-refractivity contribution is 5.42. The number of hydrogen-bond acceptors (Lipinski definition) is 2. The fourth-order valence-electron chi connectivity index (χ4n) is 2.51. The van der Waals surface area contributed by atoms with Gasteiger partial charge in [-0.25, -0.2) is 0 Å². The second-order valence-electron chi connectivity index (χ2n) is 6.67. The van der Waals surface area contributed by atoms with Gasteiger partial charge in [-0.1, -0.05) is 32.9 Å². The van der Waals surface area contributed by atoms with Crippen LogP contribution in [0.15, 0.2) is 18.2 Å². The molecule has 0 aliphatic heterocycles. The predicted molar refractivity (Wildman–Crippen MR) is 76.1 cm³/mol. The first-order valence-electron chi connectivity index (χ1n) is 6.78. The van der Waals surface area contributed by atoms with Crippen LogP contribution in [0.4, 0.5) is 0 Å². The van der Waals surface area contributed by atoms with Gasteiger partial charge < -0.3 is 10.5 Å². The largest absolute Gasteiger partial charge is 0.496 e. The first-order valence-corrected chi connectivity index (χ1v) is 6.78. The molecule has 1 fully saturated rings. The molecule has 1 aromatic carbocycles. The Bertz CT molecular complexity index is 427. The van der Waals surface area contributed by atoms with Crippen LogP contribution in [0.25, 0.3) is 0 Å². The summed E-state index contributed by atoms with van der Waals surface area (Å²) in [7, 11) is 1.74. The van der Waals surface area contributed by atoms with Gasteiger partial charge in [-0.05, 0) is 53.8 Å². The molecule has 1 aliphatic rings. The van der Waals surface area contributed by atoms with Crippen LogP contribution in [0.3, 0.4) is 0 Å². The SMILES string of the molecule is COc1ccc(CC2(CN)CC2)cc1C(C)(C)C. The van der Waals surface area contributed by atoms with Gasteiger partial charge in [0.25, 0.3) is 0 Å². The quantitative estimate of drug-likeness (QED) is 0.886. The van der Waals surface area contributed by atoms with Crippen molar-refractivity contribution in [2.45, 2.75) is 45.4 Å². The van der Waals surface area contributed by atoms with Gasteiger partial charge in [-0.2, -0.15) is 0 Å². The summed E-state index contributed by atoms with van der Waals surface area (Å²) in [5, 5.41) is 0. The second-order valence-corrected chi connectivity index (χ2v) is 6.67. The summed E-state index contributed by atoms with van der Waals surface area (Å²) in [4.78, 5) is 0. The van der Waals surface area contributed by atoms with Crippen molar-refractivity contribution in [2.75, 3.05) is 13.7 Å². The standard InChI is InChI=1S/C16H25NO/c1-15(2,3)13-9-12(5-6-14(13)18-4)10-16(11-17)7-8-16/h5-6,9H,7-8,10-11,17H2,1-4H3. The van der Waals surface area contributed by atoms with E-state index < -0.39 is 0 Å². The third-order valence-electron chi connectivity index (χ3n) is 4.04. The molecule has 1 aliphatic carbocycles. The summed E-state index contributed by atoms with van der Waals surface area (Å²) in [6.07, 6.45) is 3.66. The number of methoxy groups -OCH3 is 1. The van der Waals surface area contributed by atoms with E-state index in [0.29, 0.717) is 5.41 Å². The van der Waals surface area contributed by atoms with Gasteiger partial charge in [0.2, 0.25) is 0 Å². The highest BCUT2D eigenvalue weighted by Crippen LogP contribution is 2.47. The fraction of sp³-hybridized carbons (Fsp3) is 0.625. The maximum Gasteiger partial charge on any atom is 0.122 e. The van der Waals surface area contributed by atoms with Crippen molar-refractivity contribution in [3.05, 3.63) is 29.3 Å². The lowest BCUT2D eigenvalue weighted by Crippen LogP contribution is -2.19. The molecule has 0 heterocycles. The fourth-order valence-corrected chi connectivity index (χ4v) is 2.51. The third kappa shape index (κ3) is 2.69. The van der Waals surface area contributed by atoms with Crippen LogP contribution in [0.2, 0.25) is 0 Å². The van der Waals surface area contributed by atoms with Crippen molar-refractivity contribution in [3.63, 3.8) is 0 Å². The van der Waals surface area contributed by atoms with E-state index in [-0.39, 0.29) is 5.41 Å². The van der Waals surface area contributed by atoms with Crippen molar-refractivity contribution >= 4 is 0 Å². The Morgan fingerprint density at radius 3 is 2.39 bits per heavy atom. The van der Waals surface area contributed by atoms with E-state index in [9.17, 15) is 0 Å². The Labute approximate surface area is 111 Å². The molecule has 18 heavy (non-hydrogen) atoms. The van der Waals surface area contributed by atoms with Crippen LogP contribution in [-0.2, 0) is 11.8 Å². The zero-order valence-electron chi connectivity index (χ0n) is 12.0. The minimum Gasteiger partial charge on any atom is -0.496 e. The average Bonchev–Trinajstić information content (AvgIpc) is 3.08. The molecular weight excluding hydrogens is 222 g/mol. The van der Waals surface area contributed by atoms with Gasteiger partial charge in [0.15, 0.2) is 0 Å². The number of benzene rings is 1. The predicted octanol–water partition coefficient (Wildman–Crippen LogP) is 3.27.